The number of aromatic nitrogens is 2. The lowest BCUT2D eigenvalue weighted by Crippen LogP contribution is -2.07. The number of benzene rings is 2. The SMILES string of the molecule is Cc1ccc(-c2nn(-c3cccc(Cl)c3)c(/N=C\N(C)C)c2C=O)cc1. The molecule has 2 aromatic carbocycles. The normalized spacial score (nSPS) is 11.1. The fourth-order valence-electron chi connectivity index (χ4n) is 2.54. The lowest BCUT2D eigenvalue weighted by atomic mass is 10.1. The summed E-state index contributed by atoms with van der Waals surface area (Å²) in [5.74, 6) is 0.464. The van der Waals surface area contributed by atoms with Gasteiger partial charge in [0.2, 0.25) is 0 Å². The van der Waals surface area contributed by atoms with Gasteiger partial charge in [-0.1, -0.05) is 47.5 Å². The first-order chi connectivity index (χ1) is 12.5. The van der Waals surface area contributed by atoms with Gasteiger partial charge in [-0.2, -0.15) is 5.10 Å². The van der Waals surface area contributed by atoms with Crippen LogP contribution < -0.4 is 0 Å². The fraction of sp³-hybridized carbons (Fsp3) is 0.150. The number of nitrogens with zero attached hydrogens (tertiary/aromatic N) is 4. The van der Waals surface area contributed by atoms with Gasteiger partial charge in [0, 0.05) is 24.7 Å². The molecule has 26 heavy (non-hydrogen) atoms. The fourth-order valence-corrected chi connectivity index (χ4v) is 2.72. The first kappa shape index (κ1) is 17.9. The minimum atomic E-state index is 0.437. The van der Waals surface area contributed by atoms with Crippen LogP contribution in [0.25, 0.3) is 16.9 Å². The van der Waals surface area contributed by atoms with Crippen LogP contribution in [-0.2, 0) is 0 Å². The monoisotopic (exact) mass is 366 g/mol. The van der Waals surface area contributed by atoms with Crippen LogP contribution in [0.5, 0.6) is 0 Å². The Bertz CT molecular complexity index is 958. The summed E-state index contributed by atoms with van der Waals surface area (Å²) >= 11 is 6.13. The molecule has 0 bridgehead atoms. The molecule has 132 valence electrons. The maximum atomic E-state index is 11.9. The third kappa shape index (κ3) is 3.68. The molecule has 5 nitrogen and oxygen atoms in total. The Morgan fingerprint density at radius 2 is 1.88 bits per heavy atom. The van der Waals surface area contributed by atoms with Crippen molar-refractivity contribution in [1.29, 1.82) is 0 Å². The van der Waals surface area contributed by atoms with Gasteiger partial charge in [-0.25, -0.2) is 9.67 Å². The van der Waals surface area contributed by atoms with Crippen LogP contribution in [0.2, 0.25) is 5.02 Å². The number of hydrogen-bond acceptors (Lipinski definition) is 3. The van der Waals surface area contributed by atoms with Gasteiger partial charge >= 0.3 is 0 Å². The summed E-state index contributed by atoms with van der Waals surface area (Å²) in [6.07, 6.45) is 2.44. The Morgan fingerprint density at radius 3 is 2.50 bits per heavy atom. The highest BCUT2D eigenvalue weighted by molar-refractivity contribution is 6.30. The summed E-state index contributed by atoms with van der Waals surface area (Å²) in [4.78, 5) is 18.2. The topological polar surface area (TPSA) is 50.5 Å². The molecule has 0 aliphatic rings. The Kier molecular flexibility index (Phi) is 5.19. The van der Waals surface area contributed by atoms with Crippen LogP contribution in [-0.4, -0.2) is 41.4 Å². The molecule has 0 aliphatic carbocycles. The first-order valence-electron chi connectivity index (χ1n) is 8.11. The van der Waals surface area contributed by atoms with E-state index in [0.717, 1.165) is 23.1 Å². The largest absolute Gasteiger partial charge is 0.369 e. The van der Waals surface area contributed by atoms with Crippen molar-refractivity contribution >= 4 is 30.0 Å². The number of aldehydes is 1. The van der Waals surface area contributed by atoms with E-state index in [9.17, 15) is 4.79 Å². The molecule has 0 fully saturated rings. The molecular formula is C20H19ClN4O. The van der Waals surface area contributed by atoms with E-state index in [0.29, 0.717) is 22.1 Å². The minimum Gasteiger partial charge on any atom is -0.369 e. The zero-order chi connectivity index (χ0) is 18.7. The number of hydrogen-bond donors (Lipinski definition) is 0. The van der Waals surface area contributed by atoms with E-state index in [2.05, 4.69) is 10.1 Å². The van der Waals surface area contributed by atoms with Crippen molar-refractivity contribution < 1.29 is 4.79 Å². The molecule has 3 rings (SSSR count). The summed E-state index contributed by atoms with van der Waals surface area (Å²) in [6, 6.07) is 15.2. The van der Waals surface area contributed by atoms with Crippen LogP contribution in [0.3, 0.4) is 0 Å². The van der Waals surface area contributed by atoms with Gasteiger partial charge in [0.05, 0.1) is 17.6 Å². The second-order valence-electron chi connectivity index (χ2n) is 6.17. The number of halogens is 1. The Morgan fingerprint density at radius 1 is 1.15 bits per heavy atom. The molecule has 0 aliphatic heterocycles. The van der Waals surface area contributed by atoms with Gasteiger partial charge in [0.1, 0.15) is 5.69 Å². The highest BCUT2D eigenvalue weighted by atomic mass is 35.5. The summed E-state index contributed by atoms with van der Waals surface area (Å²) in [6.45, 7) is 2.02. The van der Waals surface area contributed by atoms with Crippen molar-refractivity contribution in [3.8, 4) is 16.9 Å². The molecule has 1 aromatic heterocycles. The second kappa shape index (κ2) is 7.54. The zero-order valence-electron chi connectivity index (χ0n) is 14.8. The van der Waals surface area contributed by atoms with E-state index in [1.54, 1.807) is 28.1 Å². The Labute approximate surface area is 157 Å². The molecule has 0 atom stereocenters. The third-order valence-electron chi connectivity index (χ3n) is 3.80. The molecule has 0 radical (unpaired) electrons. The van der Waals surface area contributed by atoms with E-state index in [1.165, 1.54) is 0 Å². The lowest BCUT2D eigenvalue weighted by molar-refractivity contribution is 0.112. The van der Waals surface area contributed by atoms with E-state index >= 15 is 0 Å². The van der Waals surface area contributed by atoms with Gasteiger partial charge in [-0.15, -0.1) is 0 Å². The van der Waals surface area contributed by atoms with Gasteiger partial charge < -0.3 is 4.90 Å². The van der Waals surface area contributed by atoms with E-state index < -0.39 is 0 Å². The lowest BCUT2D eigenvalue weighted by Gasteiger charge is -2.06. The maximum absolute atomic E-state index is 11.9. The molecule has 1 heterocycles. The number of rotatable bonds is 5. The molecule has 3 aromatic rings. The zero-order valence-corrected chi connectivity index (χ0v) is 15.6. The second-order valence-corrected chi connectivity index (χ2v) is 6.61. The molecule has 6 heteroatoms. The number of aryl methyl sites for hydroxylation is 1. The molecule has 0 saturated heterocycles. The smallest absolute Gasteiger partial charge is 0.168 e. The minimum absolute atomic E-state index is 0.437. The van der Waals surface area contributed by atoms with Gasteiger partial charge in [0.15, 0.2) is 12.1 Å². The number of carbonyl (C=O) groups is 1. The third-order valence-corrected chi connectivity index (χ3v) is 4.04. The molecule has 0 spiro atoms. The van der Waals surface area contributed by atoms with Crippen molar-refractivity contribution in [2.75, 3.05) is 14.1 Å². The van der Waals surface area contributed by atoms with Gasteiger partial charge in [-0.05, 0) is 25.1 Å². The highest BCUT2D eigenvalue weighted by Crippen LogP contribution is 2.32. The quantitative estimate of drug-likeness (QED) is 0.378. The molecule has 0 amide bonds. The summed E-state index contributed by atoms with van der Waals surface area (Å²) in [7, 11) is 3.73. The Hall–Kier alpha value is -2.92. The van der Waals surface area contributed by atoms with Crippen molar-refractivity contribution in [3.05, 3.63) is 64.7 Å². The molecule has 0 saturated carbocycles. The van der Waals surface area contributed by atoms with Crippen molar-refractivity contribution in [3.63, 3.8) is 0 Å². The van der Waals surface area contributed by atoms with Crippen LogP contribution >= 0.6 is 11.6 Å². The Balaban J connectivity index is 2.25. The summed E-state index contributed by atoms with van der Waals surface area (Å²) in [5.41, 5.74) is 3.77. The molecule has 0 unspecified atom stereocenters. The summed E-state index contributed by atoms with van der Waals surface area (Å²) < 4.78 is 1.64. The average Bonchev–Trinajstić information content (AvgIpc) is 2.99. The van der Waals surface area contributed by atoms with Crippen LogP contribution in [0, 0.1) is 6.92 Å². The van der Waals surface area contributed by atoms with Crippen LogP contribution in [0.15, 0.2) is 53.5 Å². The average molecular weight is 367 g/mol. The van der Waals surface area contributed by atoms with E-state index in [4.69, 9.17) is 11.6 Å². The van der Waals surface area contributed by atoms with Crippen LogP contribution in [0.4, 0.5) is 5.82 Å². The van der Waals surface area contributed by atoms with Gasteiger partial charge in [-0.3, -0.25) is 4.79 Å². The highest BCUT2D eigenvalue weighted by Gasteiger charge is 2.19. The number of aliphatic imine (C=N–C) groups is 1. The van der Waals surface area contributed by atoms with Crippen molar-refractivity contribution in [1.82, 2.24) is 14.7 Å². The van der Waals surface area contributed by atoms with Crippen LogP contribution in [0.1, 0.15) is 15.9 Å². The predicted octanol–water partition coefficient (Wildman–Crippen LogP) is 4.54. The maximum Gasteiger partial charge on any atom is 0.168 e. The first-order valence-corrected chi connectivity index (χ1v) is 8.49. The van der Waals surface area contributed by atoms with E-state index in [-0.39, 0.29) is 0 Å². The predicted molar refractivity (Wildman–Crippen MR) is 106 cm³/mol. The van der Waals surface area contributed by atoms with Crippen molar-refractivity contribution in [2.45, 2.75) is 6.92 Å². The molecule has 0 N–H and O–H groups in total. The van der Waals surface area contributed by atoms with Gasteiger partial charge in [0.25, 0.3) is 0 Å². The summed E-state index contributed by atoms with van der Waals surface area (Å²) in [5, 5.41) is 5.25. The standard InChI is InChI=1S/C20H19ClN4O/c1-14-7-9-15(10-8-14)19-18(12-26)20(22-13-24(2)3)25(23-19)17-6-4-5-16(21)11-17/h4-13H,1-3H3/b22-13-. The van der Waals surface area contributed by atoms with E-state index in [1.807, 2.05) is 57.4 Å². The molecular weight excluding hydrogens is 348 g/mol. The number of carbonyl (C=O) groups excluding carboxylic acids is 1. The van der Waals surface area contributed by atoms with Crippen molar-refractivity contribution in [2.24, 2.45) is 4.99 Å².